The quantitative estimate of drug-likeness (QED) is 0.334. The molecule has 1 unspecified atom stereocenters. The summed E-state index contributed by atoms with van der Waals surface area (Å²) in [5.41, 5.74) is 0.689. The summed E-state index contributed by atoms with van der Waals surface area (Å²) in [5.74, 6) is -1.62. The molecule has 1 aliphatic rings. The Balaban J connectivity index is 1.64. The number of carbonyl (C=O) groups excluding carboxylic acids is 2. The molecule has 36 heavy (non-hydrogen) atoms. The number of benzene rings is 2. The van der Waals surface area contributed by atoms with Gasteiger partial charge in [0.25, 0.3) is 5.91 Å². The molecule has 2 aromatic carbocycles. The number of rotatable bonds is 11. The Hall–Kier alpha value is -2.52. The Morgan fingerprint density at radius 1 is 1.14 bits per heavy atom. The molecule has 1 fully saturated rings. The molecule has 10 heteroatoms. The number of hydrogen-bond donors (Lipinski definition) is 2. The van der Waals surface area contributed by atoms with E-state index < -0.39 is 23.7 Å². The summed E-state index contributed by atoms with van der Waals surface area (Å²) in [7, 11) is 2.11. The van der Waals surface area contributed by atoms with E-state index in [0.29, 0.717) is 6.61 Å². The Labute approximate surface area is 222 Å². The van der Waals surface area contributed by atoms with Crippen LogP contribution >= 0.6 is 23.2 Å². The normalized spacial score (nSPS) is 15.3. The predicted octanol–water partition coefficient (Wildman–Crippen LogP) is 3.62. The summed E-state index contributed by atoms with van der Waals surface area (Å²) >= 11 is 12.7. The Bertz CT molecular complexity index is 1030. The van der Waals surface area contributed by atoms with Gasteiger partial charge in [0, 0.05) is 39.1 Å². The molecule has 1 heterocycles. The van der Waals surface area contributed by atoms with Crippen molar-refractivity contribution >= 4 is 35.1 Å². The zero-order valence-corrected chi connectivity index (χ0v) is 22.1. The highest BCUT2D eigenvalue weighted by molar-refractivity contribution is 6.39. The lowest BCUT2D eigenvalue weighted by Gasteiger charge is -2.32. The predicted molar refractivity (Wildman–Crippen MR) is 140 cm³/mol. The van der Waals surface area contributed by atoms with E-state index in [0.717, 1.165) is 44.7 Å². The highest BCUT2D eigenvalue weighted by Gasteiger charge is 2.27. The van der Waals surface area contributed by atoms with Gasteiger partial charge in [0.05, 0.1) is 23.8 Å². The van der Waals surface area contributed by atoms with Crippen LogP contribution in [0.5, 0.6) is 11.5 Å². The molecule has 8 nitrogen and oxygen atoms in total. The third kappa shape index (κ3) is 7.74. The minimum Gasteiger partial charge on any atom is -0.505 e. The monoisotopic (exact) mass is 537 g/mol. The number of halogens is 2. The van der Waals surface area contributed by atoms with Crippen molar-refractivity contribution in [1.29, 1.82) is 0 Å². The second kappa shape index (κ2) is 13.7. The van der Waals surface area contributed by atoms with Crippen LogP contribution in [0.2, 0.25) is 10.0 Å². The van der Waals surface area contributed by atoms with E-state index in [1.54, 1.807) is 6.92 Å². The van der Waals surface area contributed by atoms with Crippen LogP contribution in [0.25, 0.3) is 0 Å². The lowest BCUT2D eigenvalue weighted by Crippen LogP contribution is -2.44. The summed E-state index contributed by atoms with van der Waals surface area (Å²) in [5, 5.41) is 13.2. The molecule has 196 valence electrons. The van der Waals surface area contributed by atoms with Crippen molar-refractivity contribution in [3.63, 3.8) is 0 Å². The second-order valence-electron chi connectivity index (χ2n) is 8.71. The molecular weight excluding hydrogens is 505 g/mol. The molecule has 0 aromatic heterocycles. The number of aromatic hydroxyl groups is 1. The number of carbonyl (C=O) groups is 2. The molecule has 2 aromatic rings. The molecule has 3 rings (SSSR count). The van der Waals surface area contributed by atoms with Gasteiger partial charge in [-0.2, -0.15) is 0 Å². The molecule has 0 radical (unpaired) electrons. The van der Waals surface area contributed by atoms with Gasteiger partial charge in [-0.25, -0.2) is 4.79 Å². The lowest BCUT2D eigenvalue weighted by molar-refractivity contribution is -0.145. The first-order valence-electron chi connectivity index (χ1n) is 12.1. The standard InChI is InChI=1S/C26H33Cl2N3O5/c1-3-35-26(34)21(16-18-8-5-4-6-9-18)29-25(33)19-17-20(27)24(22(28)23(19)32)36-15-7-10-31-13-11-30(2)12-14-31/h4-6,8-9,17,21,32H,3,7,10-16H2,1-2H3,(H,29,33). The zero-order valence-electron chi connectivity index (χ0n) is 20.6. The van der Waals surface area contributed by atoms with Crippen molar-refractivity contribution in [2.45, 2.75) is 25.8 Å². The lowest BCUT2D eigenvalue weighted by atomic mass is 10.1. The van der Waals surface area contributed by atoms with Crippen molar-refractivity contribution < 1.29 is 24.2 Å². The minimum absolute atomic E-state index is 0.0956. The van der Waals surface area contributed by atoms with Crippen LogP contribution < -0.4 is 10.1 Å². The first-order chi connectivity index (χ1) is 17.3. The van der Waals surface area contributed by atoms with Crippen molar-refractivity contribution in [2.24, 2.45) is 0 Å². The first-order valence-corrected chi connectivity index (χ1v) is 12.8. The van der Waals surface area contributed by atoms with E-state index in [4.69, 9.17) is 32.7 Å². The molecule has 0 bridgehead atoms. The zero-order chi connectivity index (χ0) is 26.1. The Morgan fingerprint density at radius 2 is 1.83 bits per heavy atom. The van der Waals surface area contributed by atoms with Gasteiger partial charge in [0.15, 0.2) is 11.5 Å². The van der Waals surface area contributed by atoms with Crippen LogP contribution in [-0.2, 0) is 16.0 Å². The van der Waals surface area contributed by atoms with Crippen LogP contribution in [0.4, 0.5) is 0 Å². The Kier molecular flexibility index (Phi) is 10.7. The van der Waals surface area contributed by atoms with Crippen LogP contribution in [-0.4, -0.2) is 85.8 Å². The Morgan fingerprint density at radius 3 is 2.50 bits per heavy atom. The maximum atomic E-state index is 13.0. The molecule has 0 aliphatic carbocycles. The third-order valence-electron chi connectivity index (χ3n) is 6.02. The number of amides is 1. The SMILES string of the molecule is CCOC(=O)C(Cc1ccccc1)NC(=O)c1cc(Cl)c(OCCCN2CCN(C)CC2)c(Cl)c1O. The van der Waals surface area contributed by atoms with Gasteiger partial charge in [-0.05, 0) is 32.0 Å². The molecule has 1 amide bonds. The van der Waals surface area contributed by atoms with E-state index in [-0.39, 0.29) is 34.4 Å². The van der Waals surface area contributed by atoms with Gasteiger partial charge >= 0.3 is 5.97 Å². The van der Waals surface area contributed by atoms with Crippen molar-refractivity contribution in [2.75, 3.05) is 53.0 Å². The number of hydrogen-bond acceptors (Lipinski definition) is 7. The third-order valence-corrected chi connectivity index (χ3v) is 6.65. The van der Waals surface area contributed by atoms with E-state index in [2.05, 4.69) is 22.2 Å². The fraction of sp³-hybridized carbons (Fsp3) is 0.462. The van der Waals surface area contributed by atoms with Gasteiger partial charge in [-0.1, -0.05) is 53.5 Å². The molecule has 1 atom stereocenters. The second-order valence-corrected chi connectivity index (χ2v) is 9.50. The minimum atomic E-state index is -0.956. The average Bonchev–Trinajstić information content (AvgIpc) is 2.87. The molecule has 0 saturated carbocycles. The fourth-order valence-electron chi connectivity index (χ4n) is 3.95. The van der Waals surface area contributed by atoms with Gasteiger partial charge in [0.1, 0.15) is 11.1 Å². The highest BCUT2D eigenvalue weighted by Crippen LogP contribution is 2.42. The van der Waals surface area contributed by atoms with E-state index in [1.165, 1.54) is 6.07 Å². The van der Waals surface area contributed by atoms with Gasteiger partial charge in [0.2, 0.25) is 0 Å². The van der Waals surface area contributed by atoms with E-state index >= 15 is 0 Å². The van der Waals surface area contributed by atoms with Crippen LogP contribution in [0.1, 0.15) is 29.3 Å². The topological polar surface area (TPSA) is 91.3 Å². The van der Waals surface area contributed by atoms with Gasteiger partial charge in [-0.3, -0.25) is 4.79 Å². The summed E-state index contributed by atoms with van der Waals surface area (Å²) in [6, 6.07) is 9.57. The van der Waals surface area contributed by atoms with E-state index in [1.807, 2.05) is 30.3 Å². The average molecular weight is 538 g/mol. The number of phenolic OH excluding ortho intramolecular Hbond substituents is 1. The summed E-state index contributed by atoms with van der Waals surface area (Å²) < 4.78 is 10.9. The molecule has 1 aliphatic heterocycles. The maximum absolute atomic E-state index is 13.0. The number of ether oxygens (including phenoxy) is 2. The molecular formula is C26H33Cl2N3O5. The summed E-state index contributed by atoms with van der Waals surface area (Å²) in [6.07, 6.45) is 0.988. The molecule has 0 spiro atoms. The number of piperazine rings is 1. The summed E-state index contributed by atoms with van der Waals surface area (Å²) in [4.78, 5) is 30.2. The van der Waals surface area contributed by atoms with Crippen LogP contribution in [0.15, 0.2) is 36.4 Å². The van der Waals surface area contributed by atoms with Crippen LogP contribution in [0, 0.1) is 0 Å². The first kappa shape index (κ1) is 28.1. The van der Waals surface area contributed by atoms with Crippen molar-refractivity contribution in [3.05, 3.63) is 57.6 Å². The van der Waals surface area contributed by atoms with Gasteiger partial charge in [-0.15, -0.1) is 0 Å². The maximum Gasteiger partial charge on any atom is 0.328 e. The fourth-order valence-corrected chi connectivity index (χ4v) is 4.52. The number of nitrogens with one attached hydrogen (secondary N) is 1. The number of likely N-dealkylation sites (N-methyl/N-ethyl adjacent to an activating group) is 1. The van der Waals surface area contributed by atoms with E-state index in [9.17, 15) is 14.7 Å². The smallest absolute Gasteiger partial charge is 0.328 e. The molecule has 1 saturated heterocycles. The van der Waals surface area contributed by atoms with Crippen LogP contribution in [0.3, 0.4) is 0 Å². The molecule has 2 N–H and O–H groups in total. The number of esters is 1. The number of nitrogens with zero attached hydrogens (tertiary/aromatic N) is 2. The summed E-state index contributed by atoms with van der Waals surface area (Å²) in [6.45, 7) is 7.21. The van der Waals surface area contributed by atoms with Crippen molar-refractivity contribution in [1.82, 2.24) is 15.1 Å². The number of phenols is 1. The van der Waals surface area contributed by atoms with Gasteiger partial charge < -0.3 is 29.7 Å². The largest absolute Gasteiger partial charge is 0.505 e. The highest BCUT2D eigenvalue weighted by atomic mass is 35.5. The van der Waals surface area contributed by atoms with Crippen molar-refractivity contribution in [3.8, 4) is 11.5 Å².